The minimum atomic E-state index is 0.682. The molecule has 0 bridgehead atoms. The first-order valence-electron chi connectivity index (χ1n) is 7.39. The predicted molar refractivity (Wildman–Crippen MR) is 70.5 cm³/mol. The van der Waals surface area contributed by atoms with E-state index in [0.717, 1.165) is 17.9 Å². The van der Waals surface area contributed by atoms with Crippen molar-refractivity contribution in [2.75, 3.05) is 6.54 Å². The van der Waals surface area contributed by atoms with Gasteiger partial charge in [0.2, 0.25) is 0 Å². The first kappa shape index (κ1) is 12.4. The van der Waals surface area contributed by atoms with E-state index in [4.69, 9.17) is 0 Å². The van der Waals surface area contributed by atoms with Gasteiger partial charge in [-0.15, -0.1) is 0 Å². The highest BCUT2D eigenvalue weighted by Gasteiger charge is 2.45. The molecule has 0 aromatic rings. The largest absolute Gasteiger partial charge is 0.313 e. The summed E-state index contributed by atoms with van der Waals surface area (Å²) in [6, 6.07) is 0.832. The molecule has 94 valence electrons. The number of rotatable bonds is 5. The first-order valence-corrected chi connectivity index (χ1v) is 7.39. The molecule has 2 aliphatic rings. The fraction of sp³-hybridized carbons (Fsp3) is 1.00. The Morgan fingerprint density at radius 3 is 2.19 bits per heavy atom. The van der Waals surface area contributed by atoms with Gasteiger partial charge in [-0.05, 0) is 55.8 Å². The highest BCUT2D eigenvalue weighted by Crippen LogP contribution is 2.51. The number of nitrogens with one attached hydrogen (secondary N) is 1. The van der Waals surface area contributed by atoms with E-state index in [-0.39, 0.29) is 0 Å². The lowest BCUT2D eigenvalue weighted by Crippen LogP contribution is -2.38. The van der Waals surface area contributed by atoms with E-state index in [1.807, 2.05) is 0 Å². The maximum atomic E-state index is 3.85. The molecule has 0 atom stereocenters. The topological polar surface area (TPSA) is 12.0 Å². The van der Waals surface area contributed by atoms with Crippen molar-refractivity contribution in [1.29, 1.82) is 0 Å². The lowest BCUT2D eigenvalue weighted by atomic mass is 9.84. The Kier molecular flexibility index (Phi) is 3.94. The standard InChI is InChI=1S/C15H29N/c1-4-13-5-7-14(8-6-13)16-11-15(9-10-15)12(2)3/h12-14,16H,4-11H2,1-3H3. The van der Waals surface area contributed by atoms with Crippen LogP contribution < -0.4 is 5.32 Å². The third kappa shape index (κ3) is 2.80. The molecule has 1 N–H and O–H groups in total. The molecule has 2 aliphatic carbocycles. The Balaban J connectivity index is 1.68. The maximum absolute atomic E-state index is 3.85. The second kappa shape index (κ2) is 5.08. The molecule has 0 aromatic carbocycles. The van der Waals surface area contributed by atoms with Crippen molar-refractivity contribution in [1.82, 2.24) is 5.32 Å². The molecule has 0 unspecified atom stereocenters. The first-order chi connectivity index (χ1) is 7.66. The van der Waals surface area contributed by atoms with Crippen LogP contribution in [0.15, 0.2) is 0 Å². The molecule has 2 rings (SSSR count). The van der Waals surface area contributed by atoms with Crippen molar-refractivity contribution >= 4 is 0 Å². The molecule has 0 spiro atoms. The van der Waals surface area contributed by atoms with Gasteiger partial charge in [0.25, 0.3) is 0 Å². The molecule has 0 amide bonds. The zero-order valence-corrected chi connectivity index (χ0v) is 11.4. The van der Waals surface area contributed by atoms with E-state index in [1.54, 1.807) is 0 Å². The lowest BCUT2D eigenvalue weighted by Gasteiger charge is -2.31. The van der Waals surface area contributed by atoms with Gasteiger partial charge in [-0.2, -0.15) is 0 Å². The Morgan fingerprint density at radius 1 is 1.12 bits per heavy atom. The highest BCUT2D eigenvalue weighted by atomic mass is 14.9. The Hall–Kier alpha value is -0.0400. The van der Waals surface area contributed by atoms with Crippen LogP contribution in [-0.4, -0.2) is 12.6 Å². The Bertz CT molecular complexity index is 209. The van der Waals surface area contributed by atoms with Gasteiger partial charge in [0.1, 0.15) is 0 Å². The normalized spacial score (nSPS) is 33.0. The summed E-state index contributed by atoms with van der Waals surface area (Å²) in [6.07, 6.45) is 10.1. The van der Waals surface area contributed by atoms with E-state index in [0.29, 0.717) is 5.41 Å². The van der Waals surface area contributed by atoms with Gasteiger partial charge >= 0.3 is 0 Å². The van der Waals surface area contributed by atoms with Gasteiger partial charge in [0.15, 0.2) is 0 Å². The summed E-state index contributed by atoms with van der Waals surface area (Å²) in [5.41, 5.74) is 0.682. The van der Waals surface area contributed by atoms with Crippen molar-refractivity contribution in [2.45, 2.75) is 71.8 Å². The summed E-state index contributed by atoms with van der Waals surface area (Å²) in [5.74, 6) is 1.89. The fourth-order valence-corrected chi connectivity index (χ4v) is 3.24. The summed E-state index contributed by atoms with van der Waals surface area (Å²) < 4.78 is 0. The average molecular weight is 223 g/mol. The van der Waals surface area contributed by atoms with Crippen molar-refractivity contribution < 1.29 is 0 Å². The molecular formula is C15H29N. The average Bonchev–Trinajstić information content (AvgIpc) is 3.08. The monoisotopic (exact) mass is 223 g/mol. The van der Waals surface area contributed by atoms with Crippen molar-refractivity contribution in [2.24, 2.45) is 17.3 Å². The summed E-state index contributed by atoms with van der Waals surface area (Å²) in [5, 5.41) is 3.85. The van der Waals surface area contributed by atoms with E-state index in [2.05, 4.69) is 26.1 Å². The third-order valence-electron chi connectivity index (χ3n) is 5.28. The van der Waals surface area contributed by atoms with E-state index >= 15 is 0 Å². The second-order valence-electron chi connectivity index (χ2n) is 6.52. The Labute approximate surface area is 101 Å². The van der Waals surface area contributed by atoms with Crippen LogP contribution in [0.2, 0.25) is 0 Å². The van der Waals surface area contributed by atoms with Crippen LogP contribution in [0.1, 0.15) is 65.7 Å². The van der Waals surface area contributed by atoms with Crippen LogP contribution in [0.5, 0.6) is 0 Å². The smallest absolute Gasteiger partial charge is 0.00675 e. The molecule has 2 fully saturated rings. The van der Waals surface area contributed by atoms with Gasteiger partial charge < -0.3 is 5.32 Å². The number of hydrogen-bond acceptors (Lipinski definition) is 1. The molecular weight excluding hydrogens is 194 g/mol. The van der Waals surface area contributed by atoms with Crippen LogP contribution in [0.4, 0.5) is 0 Å². The van der Waals surface area contributed by atoms with Crippen LogP contribution in [-0.2, 0) is 0 Å². The van der Waals surface area contributed by atoms with Crippen LogP contribution in [0.25, 0.3) is 0 Å². The van der Waals surface area contributed by atoms with Crippen LogP contribution in [0.3, 0.4) is 0 Å². The highest BCUT2D eigenvalue weighted by molar-refractivity contribution is 4.97. The molecule has 16 heavy (non-hydrogen) atoms. The Morgan fingerprint density at radius 2 is 1.75 bits per heavy atom. The quantitative estimate of drug-likeness (QED) is 0.743. The zero-order chi connectivity index (χ0) is 11.6. The minimum Gasteiger partial charge on any atom is -0.313 e. The number of hydrogen-bond donors (Lipinski definition) is 1. The van der Waals surface area contributed by atoms with E-state index < -0.39 is 0 Å². The molecule has 1 nitrogen and oxygen atoms in total. The third-order valence-corrected chi connectivity index (χ3v) is 5.28. The minimum absolute atomic E-state index is 0.682. The molecule has 0 heterocycles. The van der Waals surface area contributed by atoms with Gasteiger partial charge in [0.05, 0.1) is 0 Å². The van der Waals surface area contributed by atoms with Gasteiger partial charge in [-0.25, -0.2) is 0 Å². The zero-order valence-electron chi connectivity index (χ0n) is 11.4. The van der Waals surface area contributed by atoms with E-state index in [9.17, 15) is 0 Å². The van der Waals surface area contributed by atoms with E-state index in [1.165, 1.54) is 51.5 Å². The van der Waals surface area contributed by atoms with Gasteiger partial charge in [-0.1, -0.05) is 27.2 Å². The molecule has 0 aromatic heterocycles. The lowest BCUT2D eigenvalue weighted by molar-refractivity contribution is 0.254. The molecule has 0 aliphatic heterocycles. The fourth-order valence-electron chi connectivity index (χ4n) is 3.24. The molecule has 2 saturated carbocycles. The van der Waals surface area contributed by atoms with Crippen molar-refractivity contribution in [3.8, 4) is 0 Å². The predicted octanol–water partition coefficient (Wildman–Crippen LogP) is 3.98. The van der Waals surface area contributed by atoms with Gasteiger partial charge in [0, 0.05) is 12.6 Å². The summed E-state index contributed by atoms with van der Waals surface area (Å²) >= 11 is 0. The van der Waals surface area contributed by atoms with Crippen molar-refractivity contribution in [3.05, 3.63) is 0 Å². The SMILES string of the molecule is CCC1CCC(NCC2(C(C)C)CC2)CC1. The molecule has 1 heteroatoms. The summed E-state index contributed by atoms with van der Waals surface area (Å²) in [4.78, 5) is 0. The van der Waals surface area contributed by atoms with Crippen LogP contribution in [0, 0.1) is 17.3 Å². The maximum Gasteiger partial charge on any atom is 0.00675 e. The van der Waals surface area contributed by atoms with Crippen LogP contribution >= 0.6 is 0 Å². The molecule has 0 saturated heterocycles. The second-order valence-corrected chi connectivity index (χ2v) is 6.52. The molecule has 0 radical (unpaired) electrons. The van der Waals surface area contributed by atoms with Crippen molar-refractivity contribution in [3.63, 3.8) is 0 Å². The summed E-state index contributed by atoms with van der Waals surface area (Å²) in [6.45, 7) is 8.41. The summed E-state index contributed by atoms with van der Waals surface area (Å²) in [7, 11) is 0. The van der Waals surface area contributed by atoms with Gasteiger partial charge in [-0.3, -0.25) is 0 Å².